The Labute approximate surface area is 141 Å². The Morgan fingerprint density at radius 1 is 0.957 bits per heavy atom. The maximum Gasteiger partial charge on any atom is 0.418 e. The van der Waals surface area contributed by atoms with Crippen molar-refractivity contribution in [2.24, 2.45) is 0 Å². The van der Waals surface area contributed by atoms with Crippen molar-refractivity contribution >= 4 is 38.9 Å². The highest BCUT2D eigenvalue weighted by molar-refractivity contribution is 7.91. The second-order valence-corrected chi connectivity index (χ2v) is 7.27. The van der Waals surface area contributed by atoms with Gasteiger partial charge >= 0.3 is 6.18 Å². The summed E-state index contributed by atoms with van der Waals surface area (Å²) in [5, 5.41) is 0.286. The average molecular weight is 384 g/mol. The molecule has 0 saturated heterocycles. The molecular formula is C14H10Cl2F3NO2S. The van der Waals surface area contributed by atoms with Crippen LogP contribution in [-0.4, -0.2) is 8.42 Å². The summed E-state index contributed by atoms with van der Waals surface area (Å²) in [4.78, 5) is 0. The van der Waals surface area contributed by atoms with Crippen LogP contribution in [-0.2, 0) is 22.0 Å². The van der Waals surface area contributed by atoms with Gasteiger partial charge in [0.15, 0.2) is 0 Å². The zero-order valence-corrected chi connectivity index (χ0v) is 13.7. The van der Waals surface area contributed by atoms with Gasteiger partial charge in [0.05, 0.1) is 17.0 Å². The molecule has 0 bridgehead atoms. The summed E-state index contributed by atoms with van der Waals surface area (Å²) in [6.07, 6.45) is -4.73. The van der Waals surface area contributed by atoms with Crippen molar-refractivity contribution in [1.29, 1.82) is 0 Å². The number of nitrogens with one attached hydrogen (secondary N) is 1. The van der Waals surface area contributed by atoms with Gasteiger partial charge in [-0.25, -0.2) is 8.42 Å². The molecule has 0 aliphatic heterocycles. The van der Waals surface area contributed by atoms with Crippen molar-refractivity contribution in [2.45, 2.75) is 11.9 Å². The number of alkyl halides is 3. The van der Waals surface area contributed by atoms with E-state index in [0.717, 1.165) is 6.07 Å². The Hall–Kier alpha value is -1.44. The number of anilines is 1. The summed E-state index contributed by atoms with van der Waals surface area (Å²) in [5.74, 6) is -0.482. The van der Waals surface area contributed by atoms with Gasteiger partial charge in [0.2, 0.25) is 10.0 Å². The molecule has 124 valence electrons. The van der Waals surface area contributed by atoms with E-state index in [1.54, 1.807) is 0 Å². The molecule has 2 aromatic carbocycles. The molecule has 0 unspecified atom stereocenters. The molecule has 0 fully saturated rings. The van der Waals surface area contributed by atoms with E-state index >= 15 is 0 Å². The second-order valence-electron chi connectivity index (χ2n) is 4.68. The molecule has 0 spiro atoms. The van der Waals surface area contributed by atoms with Gasteiger partial charge in [-0.3, -0.25) is 4.72 Å². The maximum absolute atomic E-state index is 13.0. The molecule has 2 rings (SSSR count). The summed E-state index contributed by atoms with van der Waals surface area (Å²) >= 11 is 11.2. The summed E-state index contributed by atoms with van der Waals surface area (Å²) in [6.45, 7) is 0. The molecule has 0 heterocycles. The van der Waals surface area contributed by atoms with Crippen LogP contribution in [0, 0.1) is 0 Å². The van der Waals surface area contributed by atoms with E-state index in [4.69, 9.17) is 23.2 Å². The average Bonchev–Trinajstić information content (AvgIpc) is 2.42. The quantitative estimate of drug-likeness (QED) is 0.811. The number of sulfonamides is 1. The normalized spacial score (nSPS) is 12.2. The highest BCUT2D eigenvalue weighted by atomic mass is 35.5. The lowest BCUT2D eigenvalue weighted by molar-refractivity contribution is -0.136. The number of benzene rings is 2. The molecule has 9 heteroatoms. The predicted molar refractivity (Wildman–Crippen MR) is 84.2 cm³/mol. The van der Waals surface area contributed by atoms with Crippen LogP contribution in [0.3, 0.4) is 0 Å². The first-order valence-corrected chi connectivity index (χ1v) is 8.59. The Bertz CT molecular complexity index is 806. The summed E-state index contributed by atoms with van der Waals surface area (Å²) in [7, 11) is -4.03. The van der Waals surface area contributed by atoms with Crippen LogP contribution in [0.5, 0.6) is 0 Å². The minimum absolute atomic E-state index is 0.141. The standard InChI is InChI=1S/C14H10Cl2F3NO2S/c15-10-3-1-9(2-4-10)8-23(21,22)20-13-6-5-11(16)7-12(13)14(17,18)19/h1-7,20H,8H2. The third-order valence-electron chi connectivity index (χ3n) is 2.82. The SMILES string of the molecule is O=S(=O)(Cc1ccc(Cl)cc1)Nc1ccc(Cl)cc1C(F)(F)F. The van der Waals surface area contributed by atoms with Crippen LogP contribution in [0.1, 0.15) is 11.1 Å². The van der Waals surface area contributed by atoms with E-state index in [-0.39, 0.29) is 5.02 Å². The number of rotatable bonds is 4. The van der Waals surface area contributed by atoms with Crippen LogP contribution < -0.4 is 4.72 Å². The number of halogens is 5. The molecule has 23 heavy (non-hydrogen) atoms. The van der Waals surface area contributed by atoms with E-state index in [0.29, 0.717) is 16.7 Å². The zero-order valence-electron chi connectivity index (χ0n) is 11.4. The van der Waals surface area contributed by atoms with Gasteiger partial charge in [0.1, 0.15) is 0 Å². The largest absolute Gasteiger partial charge is 0.418 e. The third-order valence-corrected chi connectivity index (χ3v) is 4.55. The smallest absolute Gasteiger partial charge is 0.283 e. The molecule has 0 aromatic heterocycles. The highest BCUT2D eigenvalue weighted by Gasteiger charge is 2.34. The molecule has 1 N–H and O–H groups in total. The first-order valence-electron chi connectivity index (χ1n) is 6.18. The maximum atomic E-state index is 13.0. The molecule has 0 radical (unpaired) electrons. The Morgan fingerprint density at radius 2 is 1.52 bits per heavy atom. The van der Waals surface area contributed by atoms with Gasteiger partial charge in [-0.05, 0) is 35.9 Å². The Kier molecular flexibility index (Phi) is 5.13. The summed E-state index contributed by atoms with van der Waals surface area (Å²) < 4.78 is 65.0. The monoisotopic (exact) mass is 383 g/mol. The van der Waals surface area contributed by atoms with Crippen molar-refractivity contribution in [3.05, 3.63) is 63.6 Å². The molecule has 3 nitrogen and oxygen atoms in total. The minimum Gasteiger partial charge on any atom is -0.283 e. The predicted octanol–water partition coefficient (Wildman–Crippen LogP) is 4.95. The third kappa shape index (κ3) is 5.02. The van der Waals surface area contributed by atoms with Crippen molar-refractivity contribution in [3.63, 3.8) is 0 Å². The van der Waals surface area contributed by atoms with Gasteiger partial charge in [-0.15, -0.1) is 0 Å². The van der Waals surface area contributed by atoms with Crippen LogP contribution in [0.25, 0.3) is 0 Å². The van der Waals surface area contributed by atoms with Crippen molar-refractivity contribution in [1.82, 2.24) is 0 Å². The topological polar surface area (TPSA) is 46.2 Å². The van der Waals surface area contributed by atoms with E-state index < -0.39 is 33.2 Å². The first-order chi connectivity index (χ1) is 10.6. The lowest BCUT2D eigenvalue weighted by atomic mass is 10.2. The first kappa shape index (κ1) is 17.9. The second kappa shape index (κ2) is 6.59. The molecule has 0 amide bonds. The summed E-state index contributed by atoms with van der Waals surface area (Å²) in [5.41, 5.74) is -1.33. The fourth-order valence-corrected chi connectivity index (χ4v) is 3.36. The highest BCUT2D eigenvalue weighted by Crippen LogP contribution is 2.37. The molecule has 0 atom stereocenters. The van der Waals surface area contributed by atoms with E-state index in [1.165, 1.54) is 30.3 Å². The van der Waals surface area contributed by atoms with Gasteiger partial charge in [-0.2, -0.15) is 13.2 Å². The van der Waals surface area contributed by atoms with Crippen LogP contribution in [0.4, 0.5) is 18.9 Å². The number of hydrogen-bond donors (Lipinski definition) is 1. The lowest BCUT2D eigenvalue weighted by Crippen LogP contribution is -2.18. The van der Waals surface area contributed by atoms with Crippen LogP contribution in [0.15, 0.2) is 42.5 Å². The number of hydrogen-bond acceptors (Lipinski definition) is 2. The fraction of sp³-hybridized carbons (Fsp3) is 0.143. The Balaban J connectivity index is 2.29. The zero-order chi connectivity index (χ0) is 17.3. The van der Waals surface area contributed by atoms with Crippen molar-refractivity contribution in [2.75, 3.05) is 4.72 Å². The van der Waals surface area contributed by atoms with Gasteiger partial charge in [0.25, 0.3) is 0 Å². The van der Waals surface area contributed by atoms with Gasteiger partial charge in [-0.1, -0.05) is 35.3 Å². The van der Waals surface area contributed by atoms with Gasteiger partial charge in [0, 0.05) is 10.0 Å². The molecule has 0 aliphatic rings. The van der Waals surface area contributed by atoms with Gasteiger partial charge < -0.3 is 0 Å². The minimum atomic E-state index is -4.73. The molecule has 0 saturated carbocycles. The fourth-order valence-electron chi connectivity index (χ4n) is 1.84. The van der Waals surface area contributed by atoms with Crippen molar-refractivity contribution < 1.29 is 21.6 Å². The molecule has 2 aromatic rings. The Morgan fingerprint density at radius 3 is 2.09 bits per heavy atom. The van der Waals surface area contributed by atoms with E-state index in [1.807, 2.05) is 4.72 Å². The lowest BCUT2D eigenvalue weighted by Gasteiger charge is -2.15. The van der Waals surface area contributed by atoms with Crippen molar-refractivity contribution in [3.8, 4) is 0 Å². The molecular weight excluding hydrogens is 374 g/mol. The van der Waals surface area contributed by atoms with E-state index in [2.05, 4.69) is 0 Å². The molecule has 0 aliphatic carbocycles. The van der Waals surface area contributed by atoms with Crippen LogP contribution in [0.2, 0.25) is 10.0 Å². The van der Waals surface area contributed by atoms with Crippen LogP contribution >= 0.6 is 23.2 Å². The summed E-state index contributed by atoms with van der Waals surface area (Å²) in [6, 6.07) is 8.77. The van der Waals surface area contributed by atoms with E-state index in [9.17, 15) is 21.6 Å².